The smallest absolute Gasteiger partial charge is 0.127 e. The van der Waals surface area contributed by atoms with E-state index in [1.54, 1.807) is 11.3 Å². The average Bonchev–Trinajstić information content (AvgIpc) is 3.58. The van der Waals surface area contributed by atoms with Crippen LogP contribution in [-0.2, 0) is 0 Å². The van der Waals surface area contributed by atoms with Crippen molar-refractivity contribution in [3.8, 4) is 38.3 Å². The van der Waals surface area contributed by atoms with Crippen molar-refractivity contribution in [2.75, 3.05) is 0 Å². The average molecular weight is 450 g/mol. The lowest BCUT2D eigenvalue weighted by molar-refractivity contribution is 0.482. The lowest BCUT2D eigenvalue weighted by atomic mass is 10.2. The fourth-order valence-corrected chi connectivity index (χ4v) is 5.74. The van der Waals surface area contributed by atoms with Gasteiger partial charge < -0.3 is 9.30 Å². The highest BCUT2D eigenvalue weighted by atomic mass is 32.1. The van der Waals surface area contributed by atoms with Crippen LogP contribution in [-0.4, -0.2) is 4.57 Å². The molecule has 3 heterocycles. The second-order valence-electron chi connectivity index (χ2n) is 7.47. The summed E-state index contributed by atoms with van der Waals surface area (Å²) >= 11 is 3.59. The number of hydrogen-bond acceptors (Lipinski definition) is 3. The number of hydrogen-bond donors (Lipinski definition) is 0. The molecule has 0 saturated heterocycles. The van der Waals surface area contributed by atoms with Crippen LogP contribution < -0.4 is 4.74 Å². The van der Waals surface area contributed by atoms with Crippen LogP contribution in [0.1, 0.15) is 0 Å². The molecule has 3 aromatic heterocycles. The zero-order valence-electron chi connectivity index (χ0n) is 17.1. The van der Waals surface area contributed by atoms with Gasteiger partial charge in [-0.3, -0.25) is 0 Å². The lowest BCUT2D eigenvalue weighted by Crippen LogP contribution is -1.98. The molecule has 3 aromatic carbocycles. The van der Waals surface area contributed by atoms with Crippen molar-refractivity contribution in [1.82, 2.24) is 4.57 Å². The third-order valence-electron chi connectivity index (χ3n) is 5.41. The molecule has 32 heavy (non-hydrogen) atoms. The van der Waals surface area contributed by atoms with E-state index in [1.165, 1.54) is 31.2 Å². The molecule has 0 radical (unpaired) electrons. The minimum atomic E-state index is 0.827. The molecule has 0 N–H and O–H groups in total. The molecule has 0 aliphatic carbocycles. The molecule has 0 spiro atoms. The minimum absolute atomic E-state index is 0.827. The quantitative estimate of drug-likeness (QED) is 0.256. The molecular weight excluding hydrogens is 430 g/mol. The molecule has 6 aromatic rings. The maximum absolute atomic E-state index is 6.00. The zero-order valence-corrected chi connectivity index (χ0v) is 18.8. The van der Waals surface area contributed by atoms with Crippen molar-refractivity contribution in [3.05, 3.63) is 115 Å². The van der Waals surface area contributed by atoms with Crippen LogP contribution in [0, 0.1) is 0 Å². The largest absolute Gasteiger partial charge is 0.457 e. The Kier molecular flexibility index (Phi) is 4.87. The highest BCUT2D eigenvalue weighted by molar-refractivity contribution is 7.22. The number of rotatable bonds is 5. The normalized spacial score (nSPS) is 11.1. The van der Waals surface area contributed by atoms with Crippen molar-refractivity contribution in [3.63, 3.8) is 0 Å². The van der Waals surface area contributed by atoms with Gasteiger partial charge in [-0.05, 0) is 77.5 Å². The van der Waals surface area contributed by atoms with Gasteiger partial charge >= 0.3 is 0 Å². The summed E-state index contributed by atoms with van der Waals surface area (Å²) in [5.41, 5.74) is 3.52. The predicted octanol–water partition coefficient (Wildman–Crippen LogP) is 8.88. The summed E-state index contributed by atoms with van der Waals surface area (Å²) in [5.74, 6) is 1.67. The van der Waals surface area contributed by atoms with Crippen molar-refractivity contribution in [2.24, 2.45) is 0 Å². The molecule has 6 rings (SSSR count). The number of para-hydroxylation sites is 1. The van der Waals surface area contributed by atoms with Crippen molar-refractivity contribution >= 4 is 32.8 Å². The van der Waals surface area contributed by atoms with Gasteiger partial charge in [-0.2, -0.15) is 0 Å². The van der Waals surface area contributed by atoms with E-state index in [4.69, 9.17) is 4.74 Å². The molecule has 4 heteroatoms. The summed E-state index contributed by atoms with van der Waals surface area (Å²) in [6, 6.07) is 37.8. The predicted molar refractivity (Wildman–Crippen MR) is 136 cm³/mol. The summed E-state index contributed by atoms with van der Waals surface area (Å²) < 4.78 is 9.66. The Morgan fingerprint density at radius 1 is 0.594 bits per heavy atom. The maximum Gasteiger partial charge on any atom is 0.127 e. The summed E-state index contributed by atoms with van der Waals surface area (Å²) in [5, 5.41) is 3.41. The first kappa shape index (κ1) is 19.1. The molecule has 154 valence electrons. The molecule has 0 atom stereocenters. The van der Waals surface area contributed by atoms with Crippen LogP contribution in [0.25, 0.3) is 36.9 Å². The number of fused-ring (bicyclic) bond motifs is 1. The van der Waals surface area contributed by atoms with E-state index in [9.17, 15) is 0 Å². The number of thiophene rings is 2. The Labute approximate surface area is 194 Å². The Hall–Kier alpha value is -3.60. The Bertz CT molecular complexity index is 1440. The van der Waals surface area contributed by atoms with E-state index in [1.807, 2.05) is 53.8 Å². The van der Waals surface area contributed by atoms with Gasteiger partial charge in [-0.25, -0.2) is 0 Å². The lowest BCUT2D eigenvalue weighted by Gasteiger charge is -2.13. The zero-order chi connectivity index (χ0) is 21.3. The third kappa shape index (κ3) is 3.54. The first-order valence-electron chi connectivity index (χ1n) is 10.4. The van der Waals surface area contributed by atoms with Crippen molar-refractivity contribution in [1.29, 1.82) is 0 Å². The molecule has 0 bridgehead atoms. The molecular formula is C28H19NOS2. The van der Waals surface area contributed by atoms with Gasteiger partial charge in [0.2, 0.25) is 0 Å². The van der Waals surface area contributed by atoms with Gasteiger partial charge in [0.05, 0.1) is 21.1 Å². The van der Waals surface area contributed by atoms with E-state index in [0.29, 0.717) is 0 Å². The van der Waals surface area contributed by atoms with Crippen LogP contribution in [0.3, 0.4) is 0 Å². The first-order valence-corrected chi connectivity index (χ1v) is 12.1. The first-order chi connectivity index (χ1) is 15.8. The van der Waals surface area contributed by atoms with E-state index in [0.717, 1.165) is 17.2 Å². The molecule has 0 unspecified atom stereocenters. The molecule has 0 amide bonds. The highest BCUT2D eigenvalue weighted by Crippen LogP contribution is 2.39. The molecule has 2 nitrogen and oxygen atoms in total. The van der Waals surface area contributed by atoms with Crippen molar-refractivity contribution in [2.45, 2.75) is 0 Å². The summed E-state index contributed by atoms with van der Waals surface area (Å²) in [6.45, 7) is 0. The van der Waals surface area contributed by atoms with Crippen LogP contribution in [0.2, 0.25) is 0 Å². The summed E-state index contributed by atoms with van der Waals surface area (Å²) in [4.78, 5) is 2.51. The Morgan fingerprint density at radius 2 is 1.31 bits per heavy atom. The van der Waals surface area contributed by atoms with Crippen LogP contribution in [0.4, 0.5) is 0 Å². The van der Waals surface area contributed by atoms with Gasteiger partial charge in [0.1, 0.15) is 11.5 Å². The van der Waals surface area contributed by atoms with Crippen LogP contribution in [0.15, 0.2) is 115 Å². The topological polar surface area (TPSA) is 14.2 Å². The fourth-order valence-electron chi connectivity index (χ4n) is 3.92. The standard InChI is InChI=1S/C28H19NOS2/c1-2-8-22(9-3-1)30-23-14-12-21(13-15-23)29-24(27-11-6-18-31-27)16-17-25(29)28-19-20-7-4-5-10-26(20)32-28/h1-19H. The third-order valence-corrected chi connectivity index (χ3v) is 7.44. The second kappa shape index (κ2) is 8.15. The second-order valence-corrected chi connectivity index (χ2v) is 9.51. The SMILES string of the molecule is c1ccc(Oc2ccc(-n3c(-c4cccs4)ccc3-c3cc4ccccc4s3)cc2)cc1. The van der Waals surface area contributed by atoms with Crippen LogP contribution in [0.5, 0.6) is 11.5 Å². The van der Waals surface area contributed by atoms with Gasteiger partial charge in [0, 0.05) is 10.4 Å². The van der Waals surface area contributed by atoms with E-state index in [2.05, 4.69) is 76.7 Å². The molecule has 0 aliphatic heterocycles. The number of benzene rings is 3. The van der Waals surface area contributed by atoms with E-state index < -0.39 is 0 Å². The van der Waals surface area contributed by atoms with Gasteiger partial charge in [-0.15, -0.1) is 22.7 Å². The van der Waals surface area contributed by atoms with E-state index in [-0.39, 0.29) is 0 Å². The fraction of sp³-hybridized carbons (Fsp3) is 0. The maximum atomic E-state index is 6.00. The van der Waals surface area contributed by atoms with Crippen LogP contribution >= 0.6 is 22.7 Å². The highest BCUT2D eigenvalue weighted by Gasteiger charge is 2.16. The van der Waals surface area contributed by atoms with Crippen molar-refractivity contribution < 1.29 is 4.74 Å². The van der Waals surface area contributed by atoms with Gasteiger partial charge in [0.15, 0.2) is 0 Å². The Balaban J connectivity index is 1.45. The molecule has 0 aliphatic rings. The molecule has 0 fully saturated rings. The van der Waals surface area contributed by atoms with E-state index >= 15 is 0 Å². The Morgan fingerprint density at radius 3 is 2.06 bits per heavy atom. The monoisotopic (exact) mass is 449 g/mol. The number of aromatic nitrogens is 1. The van der Waals surface area contributed by atoms with Gasteiger partial charge in [0.25, 0.3) is 0 Å². The number of nitrogens with zero attached hydrogens (tertiary/aromatic N) is 1. The molecule has 0 saturated carbocycles. The summed E-state index contributed by atoms with van der Waals surface area (Å²) in [7, 11) is 0. The van der Waals surface area contributed by atoms with Gasteiger partial charge in [-0.1, -0.05) is 42.5 Å². The minimum Gasteiger partial charge on any atom is -0.457 e. The summed E-state index contributed by atoms with van der Waals surface area (Å²) in [6.07, 6.45) is 0. The number of ether oxygens (including phenoxy) is 1.